The smallest absolute Gasteiger partial charge is 0.223 e. The molecule has 3 nitrogen and oxygen atoms in total. The van der Waals surface area contributed by atoms with E-state index in [0.717, 1.165) is 18.7 Å². The van der Waals surface area contributed by atoms with E-state index < -0.39 is 0 Å². The van der Waals surface area contributed by atoms with E-state index in [2.05, 4.69) is 41.8 Å². The Kier molecular flexibility index (Phi) is 3.54. The highest BCUT2D eigenvalue weighted by Crippen LogP contribution is 2.39. The topological polar surface area (TPSA) is 35.0 Å². The molecule has 1 aliphatic rings. The van der Waals surface area contributed by atoms with Gasteiger partial charge in [0.05, 0.1) is 4.47 Å². The zero-order valence-corrected chi connectivity index (χ0v) is 12.9. The van der Waals surface area contributed by atoms with Crippen molar-refractivity contribution in [1.82, 2.24) is 9.97 Å². The molecule has 1 heterocycles. The van der Waals surface area contributed by atoms with Crippen LogP contribution in [0.4, 0.5) is 4.39 Å². The molecule has 2 aromatic rings. The van der Waals surface area contributed by atoms with Gasteiger partial charge in [0.1, 0.15) is 22.0 Å². The molecule has 0 N–H and O–H groups in total. The first kappa shape index (κ1) is 13.0. The zero-order valence-electron chi connectivity index (χ0n) is 9.74. The Hall–Kier alpha value is -1.01. The van der Waals surface area contributed by atoms with Crippen LogP contribution in [-0.2, 0) is 0 Å². The van der Waals surface area contributed by atoms with Gasteiger partial charge in [-0.25, -0.2) is 9.37 Å². The summed E-state index contributed by atoms with van der Waals surface area (Å²) in [6.07, 6.45) is 2.24. The minimum Gasteiger partial charge on any atom is -0.438 e. The number of hydrogen-bond acceptors (Lipinski definition) is 3. The molecule has 0 radical (unpaired) electrons. The highest BCUT2D eigenvalue weighted by atomic mass is 79.9. The Morgan fingerprint density at radius 1 is 1.16 bits per heavy atom. The largest absolute Gasteiger partial charge is 0.438 e. The van der Waals surface area contributed by atoms with Crippen molar-refractivity contribution < 1.29 is 9.13 Å². The highest BCUT2D eigenvalue weighted by Gasteiger charge is 2.27. The van der Waals surface area contributed by atoms with Crippen molar-refractivity contribution >= 4 is 31.9 Å². The Morgan fingerprint density at radius 2 is 1.95 bits per heavy atom. The Bertz CT molecular complexity index is 632. The second-order valence-electron chi connectivity index (χ2n) is 4.34. The molecule has 1 aromatic carbocycles. The van der Waals surface area contributed by atoms with Gasteiger partial charge < -0.3 is 4.74 Å². The van der Waals surface area contributed by atoms with Crippen molar-refractivity contribution in [3.05, 3.63) is 45.0 Å². The van der Waals surface area contributed by atoms with E-state index in [9.17, 15) is 4.39 Å². The van der Waals surface area contributed by atoms with Crippen molar-refractivity contribution in [2.75, 3.05) is 0 Å². The summed E-state index contributed by atoms with van der Waals surface area (Å²) in [5.74, 6) is 1.89. The maximum absolute atomic E-state index is 13.0. The molecule has 0 unspecified atom stereocenters. The Balaban J connectivity index is 1.89. The molecule has 1 saturated carbocycles. The van der Waals surface area contributed by atoms with Crippen LogP contribution in [0.3, 0.4) is 0 Å². The molecule has 0 atom stereocenters. The van der Waals surface area contributed by atoms with Crippen LogP contribution in [0.2, 0.25) is 0 Å². The number of rotatable bonds is 3. The van der Waals surface area contributed by atoms with Gasteiger partial charge in [-0.3, -0.25) is 0 Å². The van der Waals surface area contributed by atoms with Crippen LogP contribution in [-0.4, -0.2) is 9.97 Å². The van der Waals surface area contributed by atoms with Crippen molar-refractivity contribution in [1.29, 1.82) is 0 Å². The predicted octanol–water partition coefficient (Wildman–Crippen LogP) is 4.81. The van der Waals surface area contributed by atoms with Crippen LogP contribution in [0.5, 0.6) is 11.6 Å². The summed E-state index contributed by atoms with van der Waals surface area (Å²) in [7, 11) is 0. The van der Waals surface area contributed by atoms with Crippen LogP contribution in [0.15, 0.2) is 33.3 Å². The minimum absolute atomic E-state index is 0.318. The van der Waals surface area contributed by atoms with Gasteiger partial charge >= 0.3 is 0 Å². The van der Waals surface area contributed by atoms with Gasteiger partial charge in [-0.2, -0.15) is 4.98 Å². The number of ether oxygens (including phenoxy) is 1. The lowest BCUT2D eigenvalue weighted by molar-refractivity contribution is 0.453. The monoisotopic (exact) mass is 386 g/mol. The van der Waals surface area contributed by atoms with Gasteiger partial charge in [0.25, 0.3) is 0 Å². The highest BCUT2D eigenvalue weighted by molar-refractivity contribution is 9.10. The molecule has 1 aliphatic carbocycles. The third kappa shape index (κ3) is 3.12. The van der Waals surface area contributed by atoms with E-state index in [0.29, 0.717) is 26.6 Å². The van der Waals surface area contributed by atoms with Gasteiger partial charge in [0.2, 0.25) is 5.88 Å². The first-order valence-electron chi connectivity index (χ1n) is 5.79. The van der Waals surface area contributed by atoms with Crippen molar-refractivity contribution in [2.45, 2.75) is 18.8 Å². The standard InChI is InChI=1S/C13H9Br2FN2O/c14-9-5-8(16)3-4-10(9)19-12-6-11(15)17-13(18-12)7-1-2-7/h3-7H,1-2H2. The molecule has 0 spiro atoms. The van der Waals surface area contributed by atoms with Gasteiger partial charge in [-0.15, -0.1) is 0 Å². The van der Waals surface area contributed by atoms with Crippen molar-refractivity contribution in [3.63, 3.8) is 0 Å². The molecule has 3 rings (SSSR count). The van der Waals surface area contributed by atoms with Crippen LogP contribution in [0.25, 0.3) is 0 Å². The van der Waals surface area contributed by atoms with Gasteiger partial charge in [0.15, 0.2) is 0 Å². The fourth-order valence-corrected chi connectivity index (χ4v) is 2.47. The Morgan fingerprint density at radius 3 is 2.63 bits per heavy atom. The summed E-state index contributed by atoms with van der Waals surface area (Å²) in [6.45, 7) is 0. The van der Waals surface area contributed by atoms with E-state index in [1.54, 1.807) is 12.1 Å². The number of aromatic nitrogens is 2. The maximum atomic E-state index is 13.0. The van der Waals surface area contributed by atoms with Gasteiger partial charge in [-0.05, 0) is 62.9 Å². The summed E-state index contributed by atoms with van der Waals surface area (Å²) < 4.78 is 19.9. The molecule has 0 saturated heterocycles. The summed E-state index contributed by atoms with van der Waals surface area (Å²) in [5, 5.41) is 0. The summed E-state index contributed by atoms with van der Waals surface area (Å²) in [4.78, 5) is 8.70. The summed E-state index contributed by atoms with van der Waals surface area (Å²) in [6, 6.07) is 5.96. The lowest BCUT2D eigenvalue weighted by Gasteiger charge is -2.08. The molecule has 1 fully saturated rings. The quantitative estimate of drug-likeness (QED) is 0.709. The predicted molar refractivity (Wildman–Crippen MR) is 75.9 cm³/mol. The molecule has 1 aromatic heterocycles. The third-order valence-electron chi connectivity index (χ3n) is 2.74. The van der Waals surface area contributed by atoms with E-state index in [1.165, 1.54) is 12.1 Å². The van der Waals surface area contributed by atoms with E-state index in [-0.39, 0.29) is 5.82 Å². The second-order valence-corrected chi connectivity index (χ2v) is 6.00. The van der Waals surface area contributed by atoms with Crippen molar-refractivity contribution in [3.8, 4) is 11.6 Å². The average Bonchev–Trinajstić information content (AvgIpc) is 3.16. The molecule has 19 heavy (non-hydrogen) atoms. The zero-order chi connectivity index (χ0) is 13.4. The number of benzene rings is 1. The van der Waals surface area contributed by atoms with E-state index in [1.807, 2.05) is 0 Å². The van der Waals surface area contributed by atoms with Crippen molar-refractivity contribution in [2.24, 2.45) is 0 Å². The van der Waals surface area contributed by atoms with Crippen LogP contribution in [0.1, 0.15) is 24.6 Å². The lowest BCUT2D eigenvalue weighted by Crippen LogP contribution is -1.97. The second kappa shape index (κ2) is 5.17. The molecular formula is C13H9Br2FN2O. The molecule has 98 valence electrons. The molecular weight excluding hydrogens is 379 g/mol. The van der Waals surface area contributed by atoms with Crippen LogP contribution >= 0.6 is 31.9 Å². The molecule has 0 aliphatic heterocycles. The third-order valence-corrected chi connectivity index (χ3v) is 3.77. The van der Waals surface area contributed by atoms with E-state index in [4.69, 9.17) is 4.74 Å². The number of halogens is 3. The first-order chi connectivity index (χ1) is 9.11. The van der Waals surface area contributed by atoms with Gasteiger partial charge in [0, 0.05) is 12.0 Å². The lowest BCUT2D eigenvalue weighted by atomic mass is 10.3. The minimum atomic E-state index is -0.318. The fourth-order valence-electron chi connectivity index (χ4n) is 1.66. The number of hydrogen-bond donors (Lipinski definition) is 0. The van der Waals surface area contributed by atoms with Crippen LogP contribution < -0.4 is 4.74 Å². The van der Waals surface area contributed by atoms with Gasteiger partial charge in [-0.1, -0.05) is 0 Å². The molecule has 0 amide bonds. The van der Waals surface area contributed by atoms with Crippen LogP contribution in [0, 0.1) is 5.82 Å². The summed E-state index contributed by atoms with van der Waals surface area (Å²) >= 11 is 6.61. The molecule has 6 heteroatoms. The summed E-state index contributed by atoms with van der Waals surface area (Å²) in [5.41, 5.74) is 0. The van der Waals surface area contributed by atoms with E-state index >= 15 is 0 Å². The fraction of sp³-hybridized carbons (Fsp3) is 0.231. The normalized spacial score (nSPS) is 14.5. The first-order valence-corrected chi connectivity index (χ1v) is 7.38. The maximum Gasteiger partial charge on any atom is 0.223 e. The number of nitrogens with zero attached hydrogens (tertiary/aromatic N) is 2. The molecule has 0 bridgehead atoms. The Labute approximate surface area is 126 Å². The SMILES string of the molecule is Fc1ccc(Oc2cc(Br)nc(C3CC3)n2)c(Br)c1. The average molecular weight is 388 g/mol.